The third-order valence-corrected chi connectivity index (χ3v) is 13.3. The fourth-order valence-electron chi connectivity index (χ4n) is 4.95. The van der Waals surface area contributed by atoms with Gasteiger partial charge in [-0.1, -0.05) is 33.8 Å². The summed E-state index contributed by atoms with van der Waals surface area (Å²) in [5.74, 6) is -6.93. The summed E-state index contributed by atoms with van der Waals surface area (Å²) in [6.07, 6.45) is -5.76. The Morgan fingerprint density at radius 2 is 1.76 bits per heavy atom. The van der Waals surface area contributed by atoms with Gasteiger partial charge >= 0.3 is 6.18 Å². The fourth-order valence-corrected chi connectivity index (χ4v) is 6.21. The number of rotatable bonds is 12. The second-order valence-electron chi connectivity index (χ2n) is 12.9. The Morgan fingerprint density at radius 1 is 1.09 bits per heavy atom. The number of benzene rings is 1. The molecule has 1 aliphatic heterocycles. The first-order valence-corrected chi connectivity index (χ1v) is 17.5. The van der Waals surface area contributed by atoms with Gasteiger partial charge in [-0.3, -0.25) is 9.78 Å². The van der Waals surface area contributed by atoms with E-state index in [0.717, 1.165) is 19.1 Å². The molecule has 2 aromatic rings. The molecule has 2 heterocycles. The number of aromatic nitrogens is 1. The van der Waals surface area contributed by atoms with Crippen LogP contribution in [0.25, 0.3) is 0 Å². The van der Waals surface area contributed by atoms with Crippen molar-refractivity contribution in [3.8, 4) is 5.75 Å². The standard InChI is InChI=1S/C31H43F5N2O6Si/c1-18-24(20-11-12-21(32)25(33)26(20)42-15-14-40-6)27(43-30(18,5)31(34,35)36)28(39)38-19-10-13-22(37-16-19)23(17-41-7)44-45(8,9)29(2,3)4/h10-13,16,18,23-24,27H,14-15,17H2,1-9H3,(H,38,39). The van der Waals surface area contributed by atoms with Gasteiger partial charge in [-0.15, -0.1) is 0 Å². The molecule has 0 radical (unpaired) electrons. The van der Waals surface area contributed by atoms with Gasteiger partial charge in [0.25, 0.3) is 5.91 Å². The van der Waals surface area contributed by atoms with E-state index in [2.05, 4.69) is 44.2 Å². The molecular formula is C31H43F5N2O6Si. The molecule has 0 spiro atoms. The smallest absolute Gasteiger partial charge is 0.417 e. The topological polar surface area (TPSA) is 88.1 Å². The first-order valence-electron chi connectivity index (χ1n) is 14.6. The van der Waals surface area contributed by atoms with Gasteiger partial charge in [0, 0.05) is 31.6 Å². The number of amides is 1. The molecule has 1 aromatic heterocycles. The number of anilines is 1. The third-order valence-electron chi connectivity index (χ3n) is 8.85. The van der Waals surface area contributed by atoms with Gasteiger partial charge in [0.15, 0.2) is 25.5 Å². The summed E-state index contributed by atoms with van der Waals surface area (Å²) in [5, 5.41) is 2.50. The number of halogens is 5. The zero-order chi connectivity index (χ0) is 34.0. The zero-order valence-electron chi connectivity index (χ0n) is 27.1. The monoisotopic (exact) mass is 662 g/mol. The first kappa shape index (κ1) is 36.8. The largest absolute Gasteiger partial charge is 0.488 e. The Balaban J connectivity index is 1.96. The van der Waals surface area contributed by atoms with Gasteiger partial charge in [-0.05, 0) is 43.3 Å². The third kappa shape index (κ3) is 7.84. The zero-order valence-corrected chi connectivity index (χ0v) is 28.1. The van der Waals surface area contributed by atoms with Crippen molar-refractivity contribution in [2.24, 2.45) is 5.92 Å². The van der Waals surface area contributed by atoms with Gasteiger partial charge < -0.3 is 28.7 Å². The van der Waals surface area contributed by atoms with Crippen LogP contribution in [0, 0.1) is 17.6 Å². The number of hydrogen-bond acceptors (Lipinski definition) is 7. The highest BCUT2D eigenvalue weighted by atomic mass is 28.4. The summed E-state index contributed by atoms with van der Waals surface area (Å²) < 4.78 is 99.9. The van der Waals surface area contributed by atoms with Gasteiger partial charge in [0.05, 0.1) is 30.8 Å². The average molecular weight is 663 g/mol. The van der Waals surface area contributed by atoms with E-state index in [-0.39, 0.29) is 36.1 Å². The Kier molecular flexibility index (Phi) is 11.4. The van der Waals surface area contributed by atoms with Crippen LogP contribution in [0.5, 0.6) is 5.75 Å². The molecule has 0 aliphatic carbocycles. The van der Waals surface area contributed by atoms with Gasteiger partial charge in [-0.2, -0.15) is 17.6 Å². The predicted octanol–water partition coefficient (Wildman–Crippen LogP) is 7.17. The highest BCUT2D eigenvalue weighted by Gasteiger charge is 2.66. The lowest BCUT2D eigenvalue weighted by Gasteiger charge is -2.39. The molecule has 1 N–H and O–H groups in total. The van der Waals surface area contributed by atoms with Crippen molar-refractivity contribution >= 4 is 19.9 Å². The van der Waals surface area contributed by atoms with Crippen LogP contribution in [0.3, 0.4) is 0 Å². The lowest BCUT2D eigenvalue weighted by Crippen LogP contribution is -2.47. The van der Waals surface area contributed by atoms with Crippen molar-refractivity contribution < 1.29 is 50.1 Å². The van der Waals surface area contributed by atoms with E-state index in [4.69, 9.17) is 23.4 Å². The summed E-state index contributed by atoms with van der Waals surface area (Å²) in [7, 11) is 0.707. The number of pyridine rings is 1. The molecule has 45 heavy (non-hydrogen) atoms. The van der Waals surface area contributed by atoms with Crippen LogP contribution in [-0.2, 0) is 23.4 Å². The molecule has 3 rings (SSSR count). The Hall–Kier alpha value is -2.65. The van der Waals surface area contributed by atoms with E-state index >= 15 is 0 Å². The fraction of sp³-hybridized carbons (Fsp3) is 0.613. The van der Waals surface area contributed by atoms with Crippen molar-refractivity contribution in [1.29, 1.82) is 0 Å². The summed E-state index contributed by atoms with van der Waals surface area (Å²) >= 11 is 0. The molecule has 0 bridgehead atoms. The highest BCUT2D eigenvalue weighted by Crippen LogP contribution is 2.55. The SMILES string of the molecule is COCCOc1c(C2C(C(=O)Nc3ccc(C(COC)O[Si](C)(C)C(C)(C)C)nc3)OC(C)(C(F)(F)F)C2C)ccc(F)c1F. The normalized spacial score (nSPS) is 23.2. The van der Waals surface area contributed by atoms with Gasteiger partial charge in [0.1, 0.15) is 18.8 Å². The molecule has 1 amide bonds. The van der Waals surface area contributed by atoms with Crippen LogP contribution in [-0.4, -0.2) is 71.1 Å². The molecule has 1 fully saturated rings. The molecule has 8 nitrogen and oxygen atoms in total. The first-order chi connectivity index (χ1) is 20.8. The molecule has 5 unspecified atom stereocenters. The van der Waals surface area contributed by atoms with E-state index in [1.54, 1.807) is 19.2 Å². The molecular weight excluding hydrogens is 619 g/mol. The van der Waals surface area contributed by atoms with Gasteiger partial charge in [-0.25, -0.2) is 4.39 Å². The minimum absolute atomic E-state index is 0.00541. The average Bonchev–Trinajstić information content (AvgIpc) is 3.22. The van der Waals surface area contributed by atoms with E-state index in [9.17, 15) is 26.7 Å². The molecule has 5 atom stereocenters. The van der Waals surface area contributed by atoms with Gasteiger partial charge in [0.2, 0.25) is 5.82 Å². The molecule has 1 aliphatic rings. The van der Waals surface area contributed by atoms with Crippen LogP contribution < -0.4 is 10.1 Å². The highest BCUT2D eigenvalue weighted by molar-refractivity contribution is 6.74. The molecule has 0 saturated carbocycles. The van der Waals surface area contributed by atoms with E-state index < -0.39 is 67.4 Å². The maximum atomic E-state index is 15.0. The van der Waals surface area contributed by atoms with Crippen molar-refractivity contribution in [2.75, 3.05) is 39.4 Å². The minimum Gasteiger partial charge on any atom is -0.488 e. The van der Waals surface area contributed by atoms with Crippen LogP contribution in [0.15, 0.2) is 30.5 Å². The molecule has 14 heteroatoms. The van der Waals surface area contributed by atoms with Crippen LogP contribution in [0.1, 0.15) is 57.9 Å². The number of ether oxygens (including phenoxy) is 4. The Morgan fingerprint density at radius 3 is 2.29 bits per heavy atom. The number of nitrogens with zero attached hydrogens (tertiary/aromatic N) is 1. The quantitative estimate of drug-likeness (QED) is 0.147. The van der Waals surface area contributed by atoms with Crippen molar-refractivity contribution in [1.82, 2.24) is 4.98 Å². The predicted molar refractivity (Wildman–Crippen MR) is 161 cm³/mol. The van der Waals surface area contributed by atoms with Crippen LogP contribution in [0.4, 0.5) is 27.6 Å². The minimum atomic E-state index is -4.89. The summed E-state index contributed by atoms with van der Waals surface area (Å²) in [4.78, 5) is 18.0. The van der Waals surface area contributed by atoms with Crippen molar-refractivity contribution in [3.05, 3.63) is 53.4 Å². The summed E-state index contributed by atoms with van der Waals surface area (Å²) in [5.41, 5.74) is -2.19. The van der Waals surface area contributed by atoms with E-state index in [1.165, 1.54) is 20.2 Å². The lowest BCUT2D eigenvalue weighted by molar-refractivity contribution is -0.272. The molecule has 252 valence electrons. The number of methoxy groups -OCH3 is 2. The Labute approximate surface area is 262 Å². The molecule has 1 aromatic carbocycles. The molecule has 1 saturated heterocycles. The number of carbonyl (C=O) groups is 1. The maximum absolute atomic E-state index is 15.0. The van der Waals surface area contributed by atoms with Crippen LogP contribution >= 0.6 is 0 Å². The second-order valence-corrected chi connectivity index (χ2v) is 17.6. The Bertz CT molecular complexity index is 1320. The van der Waals surface area contributed by atoms with E-state index in [1.807, 2.05) is 0 Å². The maximum Gasteiger partial charge on any atom is 0.417 e. The number of hydrogen-bond donors (Lipinski definition) is 1. The summed E-state index contributed by atoms with van der Waals surface area (Å²) in [6.45, 7) is 12.6. The lowest BCUT2D eigenvalue weighted by atomic mass is 9.77. The van der Waals surface area contributed by atoms with Crippen LogP contribution in [0.2, 0.25) is 18.1 Å². The number of alkyl halides is 3. The number of nitrogens with one attached hydrogen (secondary N) is 1. The van der Waals surface area contributed by atoms with Crippen molar-refractivity contribution in [2.45, 2.75) is 82.7 Å². The van der Waals surface area contributed by atoms with E-state index in [0.29, 0.717) is 5.69 Å². The second kappa shape index (κ2) is 14.0. The summed E-state index contributed by atoms with van der Waals surface area (Å²) in [6, 6.07) is 5.08. The van der Waals surface area contributed by atoms with Crippen molar-refractivity contribution in [3.63, 3.8) is 0 Å². The number of carbonyl (C=O) groups excluding carboxylic acids is 1.